The minimum absolute atomic E-state index is 0.0994. The lowest BCUT2D eigenvalue weighted by atomic mass is 9.94. The molecule has 1 saturated carbocycles. The zero-order valence-corrected chi connectivity index (χ0v) is 18.3. The Morgan fingerprint density at radius 1 is 0.903 bits per heavy atom. The van der Waals surface area contributed by atoms with Crippen molar-refractivity contribution in [2.45, 2.75) is 68.5 Å². The molecule has 0 aromatic heterocycles. The fourth-order valence-electron chi connectivity index (χ4n) is 4.78. The van der Waals surface area contributed by atoms with Gasteiger partial charge in [0, 0.05) is 31.0 Å². The Hall–Kier alpha value is -2.54. The number of rotatable bonds is 5. The Morgan fingerprint density at radius 3 is 2.52 bits per heavy atom. The number of hydrogen-bond acceptors (Lipinski definition) is 5. The van der Waals surface area contributed by atoms with Crippen molar-refractivity contribution in [2.75, 3.05) is 11.1 Å². The van der Waals surface area contributed by atoms with Gasteiger partial charge >= 0.3 is 0 Å². The van der Waals surface area contributed by atoms with E-state index in [0.717, 1.165) is 50.5 Å². The number of anilines is 1. The Bertz CT molecular complexity index is 1120. The molecule has 0 radical (unpaired) electrons. The number of sulfone groups is 1. The van der Waals surface area contributed by atoms with Gasteiger partial charge in [-0.05, 0) is 67.5 Å². The molecule has 0 saturated heterocycles. The van der Waals surface area contributed by atoms with Crippen LogP contribution in [0.3, 0.4) is 0 Å². The summed E-state index contributed by atoms with van der Waals surface area (Å²) in [7, 11) is -3.50. The van der Waals surface area contributed by atoms with Gasteiger partial charge in [-0.15, -0.1) is 0 Å². The quantitative estimate of drug-likeness (QED) is 0.743. The highest BCUT2D eigenvalue weighted by Crippen LogP contribution is 2.46. The molecule has 1 fully saturated rings. The molecule has 2 aliphatic carbocycles. The largest absolute Gasteiger partial charge is 0.448 e. The number of fused-ring (bicyclic) bond motifs is 2. The first kappa shape index (κ1) is 20.4. The second kappa shape index (κ2) is 7.86. The van der Waals surface area contributed by atoms with Gasteiger partial charge in [-0.1, -0.05) is 12.5 Å². The van der Waals surface area contributed by atoms with Gasteiger partial charge in [0.25, 0.3) is 5.79 Å². The van der Waals surface area contributed by atoms with E-state index in [2.05, 4.69) is 5.32 Å². The predicted octanol–water partition coefficient (Wildman–Crippen LogP) is 4.41. The number of aryl methyl sites for hydroxylation is 2. The molecule has 2 aromatic carbocycles. The molecule has 3 aliphatic rings. The third-order valence-electron chi connectivity index (χ3n) is 6.46. The van der Waals surface area contributed by atoms with Gasteiger partial charge < -0.3 is 14.8 Å². The molecule has 6 nitrogen and oxygen atoms in total. The molecule has 31 heavy (non-hydrogen) atoms. The van der Waals surface area contributed by atoms with E-state index in [-0.39, 0.29) is 18.1 Å². The number of amides is 1. The first-order valence-corrected chi connectivity index (χ1v) is 12.7. The Morgan fingerprint density at radius 2 is 1.68 bits per heavy atom. The van der Waals surface area contributed by atoms with Crippen LogP contribution < -0.4 is 14.8 Å². The van der Waals surface area contributed by atoms with Crippen molar-refractivity contribution >= 4 is 21.4 Å². The molecule has 0 bridgehead atoms. The Labute approximate surface area is 182 Å². The number of benzene rings is 2. The summed E-state index contributed by atoms with van der Waals surface area (Å²) in [4.78, 5) is 12.7. The van der Waals surface area contributed by atoms with Crippen molar-refractivity contribution in [3.05, 3.63) is 47.5 Å². The van der Waals surface area contributed by atoms with Crippen molar-refractivity contribution in [3.8, 4) is 11.5 Å². The van der Waals surface area contributed by atoms with Crippen LogP contribution in [0.5, 0.6) is 11.5 Å². The van der Waals surface area contributed by atoms with Crippen molar-refractivity contribution in [1.29, 1.82) is 0 Å². The van der Waals surface area contributed by atoms with Crippen LogP contribution in [-0.2, 0) is 27.5 Å². The van der Waals surface area contributed by atoms with Gasteiger partial charge in [-0.25, -0.2) is 8.42 Å². The highest BCUT2D eigenvalue weighted by molar-refractivity contribution is 7.91. The van der Waals surface area contributed by atoms with Gasteiger partial charge in [-0.3, -0.25) is 4.79 Å². The van der Waals surface area contributed by atoms with E-state index in [1.54, 1.807) is 30.3 Å². The SMILES string of the molecule is O=C(CCS(=O)(=O)c1ccc2c(c1)CCC2)Nc1ccc2c(c1)OC1(CCCCC1)O2. The Balaban J connectivity index is 1.20. The molecule has 2 aromatic rings. The van der Waals surface area contributed by atoms with Crippen LogP contribution >= 0.6 is 0 Å². The van der Waals surface area contributed by atoms with E-state index < -0.39 is 15.6 Å². The molecule has 1 amide bonds. The van der Waals surface area contributed by atoms with E-state index in [1.165, 1.54) is 12.0 Å². The number of carbonyl (C=O) groups is 1. The maximum absolute atomic E-state index is 12.7. The molecule has 1 spiro atoms. The van der Waals surface area contributed by atoms with Crippen LogP contribution in [0.4, 0.5) is 5.69 Å². The van der Waals surface area contributed by atoms with Crippen molar-refractivity contribution in [2.24, 2.45) is 0 Å². The fourth-order valence-corrected chi connectivity index (χ4v) is 6.06. The maximum Gasteiger partial charge on any atom is 0.251 e. The first-order valence-electron chi connectivity index (χ1n) is 11.1. The van der Waals surface area contributed by atoms with E-state index >= 15 is 0 Å². The van der Waals surface area contributed by atoms with E-state index in [9.17, 15) is 13.2 Å². The maximum atomic E-state index is 12.7. The minimum Gasteiger partial charge on any atom is -0.448 e. The first-order chi connectivity index (χ1) is 14.9. The summed E-state index contributed by atoms with van der Waals surface area (Å²) in [6.45, 7) is 0. The third kappa shape index (κ3) is 4.15. The molecule has 7 heteroatoms. The summed E-state index contributed by atoms with van der Waals surface area (Å²) in [6.07, 6.45) is 7.98. The summed E-state index contributed by atoms with van der Waals surface area (Å²) in [6, 6.07) is 10.7. The smallest absolute Gasteiger partial charge is 0.251 e. The summed E-state index contributed by atoms with van der Waals surface area (Å²) >= 11 is 0. The van der Waals surface area contributed by atoms with Crippen LogP contribution in [0.25, 0.3) is 0 Å². The molecule has 1 N–H and O–H groups in total. The molecule has 164 valence electrons. The molecule has 1 heterocycles. The summed E-state index contributed by atoms with van der Waals surface area (Å²) in [5.41, 5.74) is 2.92. The lowest BCUT2D eigenvalue weighted by Gasteiger charge is -2.31. The number of ether oxygens (including phenoxy) is 2. The van der Waals surface area contributed by atoms with Crippen LogP contribution in [-0.4, -0.2) is 25.9 Å². The lowest BCUT2D eigenvalue weighted by molar-refractivity contribution is -0.115. The van der Waals surface area contributed by atoms with E-state index in [1.807, 2.05) is 6.07 Å². The summed E-state index contributed by atoms with van der Waals surface area (Å²) in [5.74, 6) is 0.207. The predicted molar refractivity (Wildman–Crippen MR) is 117 cm³/mol. The van der Waals surface area contributed by atoms with Crippen molar-refractivity contribution in [1.82, 2.24) is 0 Å². The Kier molecular flexibility index (Phi) is 5.16. The molecule has 0 atom stereocenters. The van der Waals surface area contributed by atoms with Gasteiger partial charge in [0.1, 0.15) is 0 Å². The molecule has 5 rings (SSSR count). The monoisotopic (exact) mass is 441 g/mol. The molecular formula is C24H27NO5S. The van der Waals surface area contributed by atoms with Crippen molar-refractivity contribution in [3.63, 3.8) is 0 Å². The van der Waals surface area contributed by atoms with Crippen LogP contribution in [0.1, 0.15) is 56.1 Å². The molecule has 1 aliphatic heterocycles. The molecular weight excluding hydrogens is 414 g/mol. The van der Waals surface area contributed by atoms with Crippen LogP contribution in [0.15, 0.2) is 41.3 Å². The van der Waals surface area contributed by atoms with Crippen LogP contribution in [0.2, 0.25) is 0 Å². The van der Waals surface area contributed by atoms with Gasteiger partial charge in [0.2, 0.25) is 5.91 Å². The standard InChI is InChI=1S/C24H27NO5S/c26-23(11-14-31(27,28)20-9-7-17-5-4-6-18(17)15-20)25-19-8-10-21-22(16-19)30-24(29-21)12-2-1-3-13-24/h7-10,15-16H,1-6,11-14H2,(H,25,26). The van der Waals surface area contributed by atoms with Gasteiger partial charge in [-0.2, -0.15) is 0 Å². The molecule has 0 unspecified atom stereocenters. The average Bonchev–Trinajstić information content (AvgIpc) is 3.36. The van der Waals surface area contributed by atoms with Crippen molar-refractivity contribution < 1.29 is 22.7 Å². The highest BCUT2D eigenvalue weighted by atomic mass is 32.2. The lowest BCUT2D eigenvalue weighted by Crippen LogP contribution is -2.40. The zero-order chi connectivity index (χ0) is 21.5. The number of carbonyl (C=O) groups excluding carboxylic acids is 1. The highest BCUT2D eigenvalue weighted by Gasteiger charge is 2.42. The van der Waals surface area contributed by atoms with Gasteiger partial charge in [0.05, 0.1) is 10.6 Å². The minimum atomic E-state index is -3.50. The number of hydrogen-bond donors (Lipinski definition) is 1. The second-order valence-corrected chi connectivity index (χ2v) is 10.8. The van der Waals surface area contributed by atoms with E-state index in [0.29, 0.717) is 22.1 Å². The van der Waals surface area contributed by atoms with E-state index in [4.69, 9.17) is 9.47 Å². The van der Waals surface area contributed by atoms with Gasteiger partial charge in [0.15, 0.2) is 21.3 Å². The fraction of sp³-hybridized carbons (Fsp3) is 0.458. The average molecular weight is 442 g/mol. The zero-order valence-electron chi connectivity index (χ0n) is 17.5. The summed E-state index contributed by atoms with van der Waals surface area (Å²) in [5, 5.41) is 2.79. The second-order valence-electron chi connectivity index (χ2n) is 8.74. The van der Waals surface area contributed by atoms with Crippen LogP contribution in [0, 0.1) is 0 Å². The topological polar surface area (TPSA) is 81.7 Å². The number of nitrogens with one attached hydrogen (secondary N) is 1. The third-order valence-corrected chi connectivity index (χ3v) is 8.18. The summed E-state index contributed by atoms with van der Waals surface area (Å²) < 4.78 is 37.5. The normalized spacial score (nSPS) is 18.7.